The minimum atomic E-state index is -0.422. The number of benzene rings is 1. The van der Waals surface area contributed by atoms with Crippen LogP contribution in [-0.2, 0) is 9.59 Å². The second-order valence-electron chi connectivity index (χ2n) is 6.07. The Bertz CT molecular complexity index is 584. The highest BCUT2D eigenvalue weighted by Crippen LogP contribution is 2.42. The first kappa shape index (κ1) is 13.3. The fourth-order valence-electron chi connectivity index (χ4n) is 3.45. The molecule has 0 unspecified atom stereocenters. The zero-order chi connectivity index (χ0) is 14.4. The maximum atomic E-state index is 13.4. The Hall–Kier alpha value is -1.71. The van der Waals surface area contributed by atoms with Crippen LogP contribution in [-0.4, -0.2) is 11.8 Å². The molecule has 0 radical (unpaired) electrons. The van der Waals surface area contributed by atoms with Gasteiger partial charge in [-0.05, 0) is 49.8 Å². The fourth-order valence-corrected chi connectivity index (χ4v) is 3.45. The smallest absolute Gasteiger partial charge is 0.237 e. The molecule has 4 heteroatoms. The summed E-state index contributed by atoms with van der Waals surface area (Å²) in [7, 11) is 0. The largest absolute Gasteiger partial charge is 0.274 e. The molecule has 20 heavy (non-hydrogen) atoms. The predicted octanol–water partition coefficient (Wildman–Crippen LogP) is 3.06. The van der Waals surface area contributed by atoms with Crippen molar-refractivity contribution >= 4 is 17.5 Å². The third-order valence-corrected chi connectivity index (χ3v) is 4.60. The van der Waals surface area contributed by atoms with Gasteiger partial charge in [0.15, 0.2) is 0 Å². The van der Waals surface area contributed by atoms with Gasteiger partial charge in [-0.1, -0.05) is 13.0 Å². The Morgan fingerprint density at radius 3 is 2.60 bits per heavy atom. The van der Waals surface area contributed by atoms with E-state index in [9.17, 15) is 14.0 Å². The van der Waals surface area contributed by atoms with Crippen LogP contribution < -0.4 is 4.90 Å². The molecule has 3 atom stereocenters. The molecule has 1 aromatic rings. The van der Waals surface area contributed by atoms with Crippen molar-refractivity contribution in [3.8, 4) is 0 Å². The lowest BCUT2D eigenvalue weighted by Gasteiger charge is -2.25. The predicted molar refractivity (Wildman–Crippen MR) is 73.6 cm³/mol. The number of carbonyl (C=O) groups is 2. The van der Waals surface area contributed by atoms with E-state index in [1.807, 2.05) is 0 Å². The molecule has 2 fully saturated rings. The number of fused-ring (bicyclic) bond motifs is 1. The highest BCUT2D eigenvalue weighted by atomic mass is 19.1. The Balaban J connectivity index is 2.00. The van der Waals surface area contributed by atoms with E-state index in [4.69, 9.17) is 0 Å². The van der Waals surface area contributed by atoms with Crippen LogP contribution in [0.4, 0.5) is 10.1 Å². The summed E-state index contributed by atoms with van der Waals surface area (Å²) in [6.45, 7) is 3.91. The van der Waals surface area contributed by atoms with Crippen molar-refractivity contribution in [1.29, 1.82) is 0 Å². The molecule has 1 heterocycles. The molecule has 3 rings (SSSR count). The van der Waals surface area contributed by atoms with E-state index in [0.717, 1.165) is 24.8 Å². The van der Waals surface area contributed by atoms with E-state index in [0.29, 0.717) is 11.6 Å². The Morgan fingerprint density at radius 1 is 1.15 bits per heavy atom. The summed E-state index contributed by atoms with van der Waals surface area (Å²) < 4.78 is 13.4. The topological polar surface area (TPSA) is 37.4 Å². The molecule has 0 N–H and O–H groups in total. The lowest BCUT2D eigenvalue weighted by Crippen LogP contribution is -2.31. The first-order valence-electron chi connectivity index (χ1n) is 7.13. The van der Waals surface area contributed by atoms with E-state index in [1.165, 1.54) is 17.0 Å². The van der Waals surface area contributed by atoms with Crippen LogP contribution in [0.3, 0.4) is 0 Å². The van der Waals surface area contributed by atoms with Crippen molar-refractivity contribution < 1.29 is 14.0 Å². The number of hydrogen-bond acceptors (Lipinski definition) is 2. The standard InChI is InChI=1S/C16H18FNO2/c1-9-3-6-12-13(7-9)16(20)18(15(12)19)14-8-11(17)5-4-10(14)2/h4-5,8-9,12-13H,3,6-7H2,1-2H3/t9-,12-,13+/m1/s1. The van der Waals surface area contributed by atoms with Crippen molar-refractivity contribution in [2.24, 2.45) is 17.8 Å². The minimum absolute atomic E-state index is 0.152. The zero-order valence-electron chi connectivity index (χ0n) is 11.7. The number of halogens is 1. The molecule has 1 aliphatic carbocycles. The van der Waals surface area contributed by atoms with Crippen LogP contribution in [0.1, 0.15) is 31.7 Å². The van der Waals surface area contributed by atoms with E-state index in [2.05, 4.69) is 6.92 Å². The summed E-state index contributed by atoms with van der Waals surface area (Å²) in [6.07, 6.45) is 2.51. The van der Waals surface area contributed by atoms with Crippen LogP contribution >= 0.6 is 0 Å². The Labute approximate surface area is 117 Å². The molecule has 3 nitrogen and oxygen atoms in total. The molecular formula is C16H18FNO2. The van der Waals surface area contributed by atoms with Crippen LogP contribution in [0.2, 0.25) is 0 Å². The molecule has 0 spiro atoms. The van der Waals surface area contributed by atoms with Gasteiger partial charge in [-0.15, -0.1) is 0 Å². The van der Waals surface area contributed by atoms with Crippen molar-refractivity contribution in [2.75, 3.05) is 4.90 Å². The summed E-state index contributed by atoms with van der Waals surface area (Å²) >= 11 is 0. The highest BCUT2D eigenvalue weighted by Gasteiger charge is 2.50. The molecule has 1 aliphatic heterocycles. The minimum Gasteiger partial charge on any atom is -0.274 e. The van der Waals surface area contributed by atoms with Crippen molar-refractivity contribution in [1.82, 2.24) is 0 Å². The number of rotatable bonds is 1. The van der Waals surface area contributed by atoms with Crippen LogP contribution in [0.25, 0.3) is 0 Å². The number of amides is 2. The first-order valence-corrected chi connectivity index (χ1v) is 7.13. The summed E-state index contributed by atoms with van der Waals surface area (Å²) in [4.78, 5) is 26.3. The van der Waals surface area contributed by atoms with Gasteiger partial charge in [0.25, 0.3) is 0 Å². The number of anilines is 1. The molecule has 0 aromatic heterocycles. The van der Waals surface area contributed by atoms with Gasteiger partial charge < -0.3 is 0 Å². The quantitative estimate of drug-likeness (QED) is 0.739. The average Bonchev–Trinajstić information content (AvgIpc) is 2.65. The molecule has 1 saturated carbocycles. The first-order chi connectivity index (χ1) is 9.49. The monoisotopic (exact) mass is 275 g/mol. The normalized spacial score (nSPS) is 29.8. The van der Waals surface area contributed by atoms with E-state index in [1.54, 1.807) is 13.0 Å². The molecule has 1 saturated heterocycles. The van der Waals surface area contributed by atoms with Gasteiger partial charge in [0.05, 0.1) is 17.5 Å². The van der Waals surface area contributed by atoms with Crippen LogP contribution in [0.15, 0.2) is 18.2 Å². The van der Waals surface area contributed by atoms with Gasteiger partial charge in [0, 0.05) is 0 Å². The van der Waals surface area contributed by atoms with Crippen molar-refractivity contribution in [3.63, 3.8) is 0 Å². The van der Waals surface area contributed by atoms with E-state index in [-0.39, 0.29) is 23.7 Å². The molecule has 106 valence electrons. The lowest BCUT2D eigenvalue weighted by molar-refractivity contribution is -0.122. The summed E-state index contributed by atoms with van der Waals surface area (Å²) in [5.41, 5.74) is 1.15. The number of hydrogen-bond donors (Lipinski definition) is 0. The van der Waals surface area contributed by atoms with Gasteiger partial charge in [0.1, 0.15) is 5.82 Å². The van der Waals surface area contributed by atoms with Crippen molar-refractivity contribution in [3.05, 3.63) is 29.6 Å². The van der Waals surface area contributed by atoms with Gasteiger partial charge >= 0.3 is 0 Å². The number of aryl methyl sites for hydroxylation is 1. The van der Waals surface area contributed by atoms with Crippen LogP contribution in [0.5, 0.6) is 0 Å². The van der Waals surface area contributed by atoms with Gasteiger partial charge in [-0.3, -0.25) is 9.59 Å². The summed E-state index contributed by atoms with van der Waals surface area (Å²) in [5, 5.41) is 0. The fraction of sp³-hybridized carbons (Fsp3) is 0.500. The SMILES string of the molecule is Cc1ccc(F)cc1N1C(=O)[C@H]2C[C@H](C)CC[C@H]2C1=O. The molecule has 2 aliphatic rings. The zero-order valence-corrected chi connectivity index (χ0v) is 11.7. The maximum absolute atomic E-state index is 13.4. The van der Waals surface area contributed by atoms with E-state index < -0.39 is 5.82 Å². The van der Waals surface area contributed by atoms with Crippen molar-refractivity contribution in [2.45, 2.75) is 33.1 Å². The van der Waals surface area contributed by atoms with E-state index >= 15 is 0 Å². The Morgan fingerprint density at radius 2 is 1.85 bits per heavy atom. The maximum Gasteiger partial charge on any atom is 0.237 e. The number of nitrogens with zero attached hydrogens (tertiary/aromatic N) is 1. The number of imide groups is 1. The molecular weight excluding hydrogens is 257 g/mol. The lowest BCUT2D eigenvalue weighted by atomic mass is 9.76. The molecule has 0 bridgehead atoms. The summed E-state index contributed by atoms with van der Waals surface area (Å²) in [6, 6.07) is 4.24. The number of carbonyl (C=O) groups excluding carboxylic acids is 2. The third-order valence-electron chi connectivity index (χ3n) is 4.60. The second kappa shape index (κ2) is 4.69. The highest BCUT2D eigenvalue weighted by molar-refractivity contribution is 6.22. The van der Waals surface area contributed by atoms with Gasteiger partial charge in [0.2, 0.25) is 11.8 Å². The summed E-state index contributed by atoms with van der Waals surface area (Å²) in [5.74, 6) is -0.674. The molecule has 1 aromatic carbocycles. The van der Waals surface area contributed by atoms with Crippen LogP contribution in [0, 0.1) is 30.5 Å². The second-order valence-corrected chi connectivity index (χ2v) is 6.07. The van der Waals surface area contributed by atoms with Gasteiger partial charge in [-0.25, -0.2) is 9.29 Å². The average molecular weight is 275 g/mol. The Kier molecular flexibility index (Phi) is 3.11. The van der Waals surface area contributed by atoms with Gasteiger partial charge in [-0.2, -0.15) is 0 Å². The third kappa shape index (κ3) is 1.94. The molecule has 2 amide bonds.